The van der Waals surface area contributed by atoms with Gasteiger partial charge in [0.1, 0.15) is 0 Å². The van der Waals surface area contributed by atoms with Gasteiger partial charge in [-0.3, -0.25) is 4.79 Å². The first kappa shape index (κ1) is 16.8. The number of halogens is 2. The van der Waals surface area contributed by atoms with Crippen LogP contribution in [0.4, 0.5) is 0 Å². The van der Waals surface area contributed by atoms with Crippen LogP contribution in [0.15, 0.2) is 23.2 Å². The van der Waals surface area contributed by atoms with E-state index in [4.69, 9.17) is 26.8 Å². The Hall–Kier alpha value is -1.24. The number of amides is 1. The number of nitrogens with two attached hydrogens (primary N) is 1. The van der Waals surface area contributed by atoms with E-state index in [0.717, 1.165) is 10.0 Å². The van der Waals surface area contributed by atoms with Crippen LogP contribution in [0.25, 0.3) is 0 Å². The van der Waals surface area contributed by atoms with Gasteiger partial charge < -0.3 is 20.5 Å². The SMILES string of the molecule is C=C(Br)CNCc1cc(Cl)c(OCC(N)=O)c(OC)c1. The summed E-state index contributed by atoms with van der Waals surface area (Å²) in [5.74, 6) is 0.180. The summed E-state index contributed by atoms with van der Waals surface area (Å²) in [7, 11) is 1.50. The number of carbonyl (C=O) groups is 1. The van der Waals surface area contributed by atoms with Gasteiger partial charge in [-0.2, -0.15) is 0 Å². The minimum absolute atomic E-state index is 0.253. The summed E-state index contributed by atoms with van der Waals surface area (Å²) in [6.45, 7) is 4.71. The second-order valence-corrected chi connectivity index (χ2v) is 5.51. The van der Waals surface area contributed by atoms with Crippen LogP contribution < -0.4 is 20.5 Å². The molecule has 1 amide bonds. The lowest BCUT2D eigenvalue weighted by molar-refractivity contribution is -0.119. The molecule has 0 radical (unpaired) electrons. The minimum Gasteiger partial charge on any atom is -0.493 e. The topological polar surface area (TPSA) is 73.6 Å². The van der Waals surface area contributed by atoms with Crippen molar-refractivity contribution in [1.82, 2.24) is 5.32 Å². The summed E-state index contributed by atoms with van der Waals surface area (Å²) in [6.07, 6.45) is 0. The first-order chi connectivity index (χ1) is 9.43. The number of nitrogens with one attached hydrogen (secondary N) is 1. The van der Waals surface area contributed by atoms with Gasteiger partial charge in [-0.1, -0.05) is 34.1 Å². The molecule has 0 bridgehead atoms. The molecule has 1 rings (SSSR count). The fourth-order valence-corrected chi connectivity index (χ4v) is 1.99. The molecule has 7 heteroatoms. The largest absolute Gasteiger partial charge is 0.493 e. The average Bonchev–Trinajstić information content (AvgIpc) is 2.36. The zero-order chi connectivity index (χ0) is 15.1. The normalized spacial score (nSPS) is 10.2. The Morgan fingerprint density at radius 3 is 2.80 bits per heavy atom. The van der Waals surface area contributed by atoms with Crippen molar-refractivity contribution in [1.29, 1.82) is 0 Å². The van der Waals surface area contributed by atoms with Crippen molar-refractivity contribution in [2.24, 2.45) is 5.73 Å². The second-order valence-electron chi connectivity index (χ2n) is 3.98. The van der Waals surface area contributed by atoms with Crippen molar-refractivity contribution in [3.63, 3.8) is 0 Å². The van der Waals surface area contributed by atoms with Crippen LogP contribution in [-0.2, 0) is 11.3 Å². The molecule has 0 fully saturated rings. The molecule has 1 aromatic rings. The van der Waals surface area contributed by atoms with Gasteiger partial charge in [0.2, 0.25) is 0 Å². The molecule has 110 valence electrons. The van der Waals surface area contributed by atoms with E-state index < -0.39 is 5.91 Å². The zero-order valence-corrected chi connectivity index (χ0v) is 13.4. The highest BCUT2D eigenvalue weighted by molar-refractivity contribution is 9.11. The van der Waals surface area contributed by atoms with Crippen molar-refractivity contribution in [2.45, 2.75) is 6.54 Å². The number of benzene rings is 1. The zero-order valence-electron chi connectivity index (χ0n) is 11.0. The number of hydrogen-bond donors (Lipinski definition) is 2. The first-order valence-corrected chi connectivity index (χ1v) is 6.92. The lowest BCUT2D eigenvalue weighted by Crippen LogP contribution is -2.20. The third kappa shape index (κ3) is 5.40. The van der Waals surface area contributed by atoms with E-state index in [-0.39, 0.29) is 6.61 Å². The van der Waals surface area contributed by atoms with Gasteiger partial charge in [0.15, 0.2) is 18.1 Å². The molecule has 20 heavy (non-hydrogen) atoms. The lowest BCUT2D eigenvalue weighted by atomic mass is 10.2. The van der Waals surface area contributed by atoms with Crippen molar-refractivity contribution in [3.05, 3.63) is 33.8 Å². The van der Waals surface area contributed by atoms with E-state index in [1.54, 1.807) is 12.1 Å². The van der Waals surface area contributed by atoms with Crippen LogP contribution in [0.5, 0.6) is 11.5 Å². The molecular weight excluding hydrogens is 348 g/mol. The van der Waals surface area contributed by atoms with E-state index in [2.05, 4.69) is 27.8 Å². The Morgan fingerprint density at radius 2 is 2.25 bits per heavy atom. The average molecular weight is 364 g/mol. The number of primary amides is 1. The maximum atomic E-state index is 10.7. The van der Waals surface area contributed by atoms with Crippen molar-refractivity contribution in [2.75, 3.05) is 20.3 Å². The van der Waals surface area contributed by atoms with Crippen LogP contribution in [0.3, 0.4) is 0 Å². The smallest absolute Gasteiger partial charge is 0.255 e. The van der Waals surface area contributed by atoms with Gasteiger partial charge in [0.05, 0.1) is 12.1 Å². The van der Waals surface area contributed by atoms with Crippen LogP contribution >= 0.6 is 27.5 Å². The van der Waals surface area contributed by atoms with Crippen LogP contribution in [0.1, 0.15) is 5.56 Å². The van der Waals surface area contributed by atoms with Crippen LogP contribution in [0, 0.1) is 0 Å². The Morgan fingerprint density at radius 1 is 1.55 bits per heavy atom. The fraction of sp³-hybridized carbons (Fsp3) is 0.308. The number of rotatable bonds is 8. The highest BCUT2D eigenvalue weighted by Crippen LogP contribution is 2.36. The van der Waals surface area contributed by atoms with Crippen molar-refractivity contribution in [3.8, 4) is 11.5 Å². The monoisotopic (exact) mass is 362 g/mol. The molecule has 3 N–H and O–H groups in total. The van der Waals surface area contributed by atoms with Gasteiger partial charge >= 0.3 is 0 Å². The third-order valence-electron chi connectivity index (χ3n) is 2.29. The molecule has 0 spiro atoms. The minimum atomic E-state index is -0.579. The fourth-order valence-electron chi connectivity index (χ4n) is 1.50. The van der Waals surface area contributed by atoms with Crippen molar-refractivity contribution >= 4 is 33.4 Å². The number of ether oxygens (including phenoxy) is 2. The summed E-state index contributed by atoms with van der Waals surface area (Å²) in [5.41, 5.74) is 5.96. The number of methoxy groups -OCH3 is 1. The standard InChI is InChI=1S/C13H16BrClN2O3/c1-8(14)5-17-6-9-3-10(15)13(11(4-9)19-2)20-7-12(16)18/h3-4,17H,1,5-7H2,2H3,(H2,16,18). The van der Waals surface area contributed by atoms with Gasteiger partial charge in [-0.25, -0.2) is 0 Å². The van der Waals surface area contributed by atoms with Crippen LogP contribution in [-0.4, -0.2) is 26.2 Å². The maximum absolute atomic E-state index is 10.7. The molecule has 0 heterocycles. The molecule has 0 aromatic heterocycles. The third-order valence-corrected chi connectivity index (χ3v) is 2.86. The molecule has 0 unspecified atom stereocenters. The first-order valence-electron chi connectivity index (χ1n) is 5.75. The Balaban J connectivity index is 2.83. The molecule has 5 nitrogen and oxygen atoms in total. The molecular formula is C13H16BrClN2O3. The Labute approximate surface area is 131 Å². The molecule has 0 saturated carbocycles. The number of hydrogen-bond acceptors (Lipinski definition) is 4. The molecule has 0 aliphatic carbocycles. The summed E-state index contributed by atoms with van der Waals surface area (Å²) >= 11 is 9.39. The molecule has 0 aliphatic rings. The quantitative estimate of drug-likeness (QED) is 0.743. The Kier molecular flexibility index (Phi) is 6.84. The van der Waals surface area contributed by atoms with Gasteiger partial charge in [-0.15, -0.1) is 0 Å². The predicted octanol–water partition coefficient (Wildman–Crippen LogP) is 2.21. The van der Waals surface area contributed by atoms with Gasteiger partial charge in [0.25, 0.3) is 5.91 Å². The summed E-state index contributed by atoms with van der Waals surface area (Å²) < 4.78 is 11.3. The molecule has 0 saturated heterocycles. The maximum Gasteiger partial charge on any atom is 0.255 e. The van der Waals surface area contributed by atoms with E-state index in [0.29, 0.717) is 29.6 Å². The lowest BCUT2D eigenvalue weighted by Gasteiger charge is -2.13. The van der Waals surface area contributed by atoms with Crippen molar-refractivity contribution < 1.29 is 14.3 Å². The van der Waals surface area contributed by atoms with E-state index >= 15 is 0 Å². The predicted molar refractivity (Wildman–Crippen MR) is 82.5 cm³/mol. The second kappa shape index (κ2) is 8.14. The van der Waals surface area contributed by atoms with Gasteiger partial charge in [-0.05, 0) is 17.7 Å². The van der Waals surface area contributed by atoms with E-state index in [9.17, 15) is 4.79 Å². The number of carbonyl (C=O) groups excluding carboxylic acids is 1. The summed E-state index contributed by atoms with van der Waals surface area (Å²) in [5, 5.41) is 3.53. The molecule has 1 aromatic carbocycles. The van der Waals surface area contributed by atoms with Gasteiger partial charge in [0, 0.05) is 17.6 Å². The molecule has 0 aliphatic heterocycles. The van der Waals surface area contributed by atoms with Crippen LogP contribution in [0.2, 0.25) is 5.02 Å². The Bertz CT molecular complexity index is 509. The van der Waals surface area contributed by atoms with E-state index in [1.807, 2.05) is 0 Å². The summed E-state index contributed by atoms with van der Waals surface area (Å²) in [6, 6.07) is 3.52. The molecule has 0 atom stereocenters. The highest BCUT2D eigenvalue weighted by atomic mass is 79.9. The highest BCUT2D eigenvalue weighted by Gasteiger charge is 2.13. The summed E-state index contributed by atoms with van der Waals surface area (Å²) in [4.78, 5) is 10.7. The van der Waals surface area contributed by atoms with E-state index in [1.165, 1.54) is 7.11 Å².